The van der Waals surface area contributed by atoms with Crippen LogP contribution < -0.4 is 10.1 Å². The van der Waals surface area contributed by atoms with Gasteiger partial charge >= 0.3 is 0 Å². The highest BCUT2D eigenvalue weighted by molar-refractivity contribution is 5.73. The van der Waals surface area contributed by atoms with Gasteiger partial charge < -0.3 is 29.4 Å². The van der Waals surface area contributed by atoms with E-state index in [1.807, 2.05) is 18.2 Å². The van der Waals surface area contributed by atoms with Gasteiger partial charge in [0.2, 0.25) is 12.2 Å². The topological polar surface area (TPSA) is 86.3 Å². The summed E-state index contributed by atoms with van der Waals surface area (Å²) in [4.78, 5) is 11.5. The average Bonchev–Trinajstić information content (AvgIpc) is 2.52. The number of aliphatic hydroxyl groups excluding tert-OH is 1. The third-order valence-corrected chi connectivity index (χ3v) is 4.05. The molecule has 2 aliphatic rings. The zero-order chi connectivity index (χ0) is 17.3. The number of nitrogens with one attached hydrogen (secondary N) is 1. The van der Waals surface area contributed by atoms with Crippen LogP contribution in [-0.4, -0.2) is 54.1 Å². The fourth-order valence-corrected chi connectivity index (χ4v) is 2.97. The smallest absolute Gasteiger partial charge is 0.223 e. The van der Waals surface area contributed by atoms with Crippen molar-refractivity contribution < 1.29 is 28.8 Å². The maximum atomic E-state index is 11.5. The lowest BCUT2D eigenvalue weighted by Crippen LogP contribution is -2.69. The van der Waals surface area contributed by atoms with Crippen molar-refractivity contribution in [3.63, 3.8) is 0 Å². The number of amides is 1. The van der Waals surface area contributed by atoms with Gasteiger partial charge in [-0.05, 0) is 26.0 Å². The molecular formula is C17H23NO6. The van der Waals surface area contributed by atoms with Gasteiger partial charge in [0.25, 0.3) is 0 Å². The summed E-state index contributed by atoms with van der Waals surface area (Å²) in [5.74, 6) is -0.519. The SMILES string of the molecule is CC(=O)N[C@H]1[C@@H](Oc2ccccc2)O[C@H]2COC(C)(C)O[C@H]2[C@H]1O. The van der Waals surface area contributed by atoms with Crippen LogP contribution in [-0.2, 0) is 19.0 Å². The minimum Gasteiger partial charge on any atom is -0.463 e. The van der Waals surface area contributed by atoms with Gasteiger partial charge in [0.15, 0.2) is 5.79 Å². The Kier molecular flexibility index (Phi) is 4.78. The number of benzene rings is 1. The number of rotatable bonds is 3. The van der Waals surface area contributed by atoms with Gasteiger partial charge in [-0.1, -0.05) is 18.2 Å². The summed E-state index contributed by atoms with van der Waals surface area (Å²) in [6.45, 7) is 5.20. The number of hydrogen-bond acceptors (Lipinski definition) is 6. The lowest BCUT2D eigenvalue weighted by molar-refractivity contribution is -0.361. The van der Waals surface area contributed by atoms with Crippen LogP contribution in [0.4, 0.5) is 0 Å². The van der Waals surface area contributed by atoms with Crippen molar-refractivity contribution in [2.24, 2.45) is 0 Å². The van der Waals surface area contributed by atoms with E-state index in [9.17, 15) is 9.90 Å². The third-order valence-electron chi connectivity index (χ3n) is 4.05. The Bertz CT molecular complexity index is 578. The molecule has 5 atom stereocenters. The van der Waals surface area contributed by atoms with Crippen molar-refractivity contribution in [2.75, 3.05) is 6.61 Å². The second kappa shape index (κ2) is 6.68. The van der Waals surface area contributed by atoms with Crippen LogP contribution in [0.15, 0.2) is 30.3 Å². The molecule has 7 heteroatoms. The van der Waals surface area contributed by atoms with E-state index in [0.717, 1.165) is 0 Å². The molecule has 132 valence electrons. The molecule has 0 aromatic heterocycles. The molecule has 24 heavy (non-hydrogen) atoms. The molecule has 2 aliphatic heterocycles. The average molecular weight is 337 g/mol. The number of ether oxygens (including phenoxy) is 4. The zero-order valence-electron chi connectivity index (χ0n) is 14.0. The Morgan fingerprint density at radius 1 is 1.33 bits per heavy atom. The first-order chi connectivity index (χ1) is 11.4. The Hall–Kier alpha value is -1.67. The van der Waals surface area contributed by atoms with E-state index >= 15 is 0 Å². The minimum atomic E-state index is -0.982. The standard InChI is InChI=1S/C17H23NO6/c1-10(19)18-13-14(20)15-12(9-21-17(2,3)24-15)23-16(13)22-11-7-5-4-6-8-11/h4-8,12-16,20H,9H2,1-3H3,(H,18,19)/t12-,13+,14-,15+,16-/m0/s1. The molecule has 0 aliphatic carbocycles. The molecule has 2 fully saturated rings. The molecule has 1 amide bonds. The fraction of sp³-hybridized carbons (Fsp3) is 0.588. The molecule has 3 rings (SSSR count). The number of carbonyl (C=O) groups excluding carboxylic acids is 1. The van der Waals surface area contributed by atoms with Gasteiger partial charge in [-0.25, -0.2) is 0 Å². The zero-order valence-corrected chi connectivity index (χ0v) is 14.0. The van der Waals surface area contributed by atoms with Gasteiger partial charge in [0, 0.05) is 6.92 Å². The van der Waals surface area contributed by atoms with Crippen LogP contribution in [0, 0.1) is 0 Å². The van der Waals surface area contributed by atoms with Crippen LogP contribution in [0.2, 0.25) is 0 Å². The van der Waals surface area contributed by atoms with Crippen LogP contribution in [0.5, 0.6) is 5.75 Å². The van der Waals surface area contributed by atoms with Gasteiger partial charge in [-0.2, -0.15) is 0 Å². The third kappa shape index (κ3) is 3.70. The maximum Gasteiger partial charge on any atom is 0.223 e. The van der Waals surface area contributed by atoms with Gasteiger partial charge in [0.05, 0.1) is 6.61 Å². The van der Waals surface area contributed by atoms with E-state index < -0.39 is 36.4 Å². The summed E-state index contributed by atoms with van der Waals surface area (Å²) < 4.78 is 23.1. The highest BCUT2D eigenvalue weighted by atomic mass is 16.8. The molecule has 2 heterocycles. The van der Waals surface area contributed by atoms with Crippen LogP contribution in [0.3, 0.4) is 0 Å². The summed E-state index contributed by atoms with van der Waals surface area (Å²) in [6, 6.07) is 8.35. The van der Waals surface area contributed by atoms with Gasteiger partial charge in [0.1, 0.15) is 30.1 Å². The van der Waals surface area contributed by atoms with E-state index in [2.05, 4.69) is 5.32 Å². The quantitative estimate of drug-likeness (QED) is 0.849. The van der Waals surface area contributed by atoms with Crippen molar-refractivity contribution in [1.82, 2.24) is 5.32 Å². The number of fused-ring (bicyclic) bond motifs is 1. The van der Waals surface area contributed by atoms with Crippen molar-refractivity contribution in [3.05, 3.63) is 30.3 Å². The number of para-hydroxylation sites is 1. The summed E-state index contributed by atoms with van der Waals surface area (Å²) in [5, 5.41) is 13.4. The fourth-order valence-electron chi connectivity index (χ4n) is 2.97. The van der Waals surface area contributed by atoms with Crippen LogP contribution in [0.1, 0.15) is 20.8 Å². The molecule has 2 saturated heterocycles. The van der Waals surface area contributed by atoms with E-state index in [1.54, 1.807) is 26.0 Å². The molecule has 1 aromatic rings. The molecule has 0 bridgehead atoms. The lowest BCUT2D eigenvalue weighted by Gasteiger charge is -2.49. The summed E-state index contributed by atoms with van der Waals surface area (Å²) >= 11 is 0. The maximum absolute atomic E-state index is 11.5. The largest absolute Gasteiger partial charge is 0.463 e. The summed E-state index contributed by atoms with van der Waals surface area (Å²) in [6.07, 6.45) is -2.92. The normalized spacial score (nSPS) is 34.9. The second-order valence-corrected chi connectivity index (χ2v) is 6.48. The highest BCUT2D eigenvalue weighted by Crippen LogP contribution is 2.33. The molecule has 2 N–H and O–H groups in total. The van der Waals surface area contributed by atoms with Crippen molar-refractivity contribution >= 4 is 5.91 Å². The summed E-state index contributed by atoms with van der Waals surface area (Å²) in [5.41, 5.74) is 0. The molecule has 0 radical (unpaired) electrons. The molecule has 7 nitrogen and oxygen atoms in total. The van der Waals surface area contributed by atoms with Gasteiger partial charge in [-0.15, -0.1) is 0 Å². The molecule has 0 spiro atoms. The number of carbonyl (C=O) groups is 1. The Balaban J connectivity index is 1.81. The molecule has 0 unspecified atom stereocenters. The highest BCUT2D eigenvalue weighted by Gasteiger charge is 2.52. The van der Waals surface area contributed by atoms with Crippen molar-refractivity contribution in [3.8, 4) is 5.75 Å². The van der Waals surface area contributed by atoms with Crippen molar-refractivity contribution in [2.45, 2.75) is 57.2 Å². The lowest BCUT2D eigenvalue weighted by atomic mass is 9.95. The van der Waals surface area contributed by atoms with Crippen LogP contribution in [0.25, 0.3) is 0 Å². The van der Waals surface area contributed by atoms with E-state index in [1.165, 1.54) is 6.92 Å². The summed E-state index contributed by atoms with van der Waals surface area (Å²) in [7, 11) is 0. The predicted molar refractivity (Wildman–Crippen MR) is 84.2 cm³/mol. The first kappa shape index (κ1) is 17.2. The Labute approximate surface area is 140 Å². The first-order valence-electron chi connectivity index (χ1n) is 8.00. The Morgan fingerprint density at radius 3 is 2.71 bits per heavy atom. The number of hydrogen-bond donors (Lipinski definition) is 2. The van der Waals surface area contributed by atoms with E-state index in [-0.39, 0.29) is 12.5 Å². The number of aliphatic hydroxyl groups is 1. The molecule has 0 saturated carbocycles. The second-order valence-electron chi connectivity index (χ2n) is 6.48. The minimum absolute atomic E-state index is 0.274. The Morgan fingerprint density at radius 2 is 2.04 bits per heavy atom. The molecular weight excluding hydrogens is 314 g/mol. The molecule has 1 aromatic carbocycles. The predicted octanol–water partition coefficient (Wildman–Crippen LogP) is 0.807. The first-order valence-corrected chi connectivity index (χ1v) is 8.00. The van der Waals surface area contributed by atoms with Gasteiger partial charge in [-0.3, -0.25) is 4.79 Å². The van der Waals surface area contributed by atoms with E-state index in [0.29, 0.717) is 5.75 Å². The van der Waals surface area contributed by atoms with E-state index in [4.69, 9.17) is 18.9 Å². The van der Waals surface area contributed by atoms with Crippen LogP contribution >= 0.6 is 0 Å². The monoisotopic (exact) mass is 337 g/mol. The van der Waals surface area contributed by atoms with Crippen molar-refractivity contribution in [1.29, 1.82) is 0 Å².